The Balaban J connectivity index is 1.74. The van der Waals surface area contributed by atoms with Crippen LogP contribution in [0.25, 0.3) is 0 Å². The minimum Gasteiger partial charge on any atom is -0.316 e. The summed E-state index contributed by atoms with van der Waals surface area (Å²) in [5.41, 5.74) is 1.25. The fraction of sp³-hybridized carbons (Fsp3) is 0.800. The molecule has 1 aromatic heterocycles. The molecule has 2 heterocycles. The lowest BCUT2D eigenvalue weighted by Gasteiger charge is -2.32. The van der Waals surface area contributed by atoms with E-state index in [1.807, 2.05) is 0 Å². The van der Waals surface area contributed by atoms with Crippen LogP contribution in [0.15, 0.2) is 5.38 Å². The van der Waals surface area contributed by atoms with Gasteiger partial charge in [0.25, 0.3) is 0 Å². The fourth-order valence-electron chi connectivity index (χ4n) is 2.75. The first kappa shape index (κ1) is 14.9. The molecule has 108 valence electrons. The van der Waals surface area contributed by atoms with Gasteiger partial charge < -0.3 is 5.32 Å². The number of hydrogen-bond donors (Lipinski definition) is 1. The number of thiazole rings is 1. The normalized spacial score (nSPS) is 21.2. The van der Waals surface area contributed by atoms with E-state index in [4.69, 9.17) is 0 Å². The van der Waals surface area contributed by atoms with Crippen LogP contribution in [0.1, 0.15) is 37.4 Å². The van der Waals surface area contributed by atoms with Gasteiger partial charge in [-0.05, 0) is 51.2 Å². The maximum Gasteiger partial charge on any atom is 0.0897 e. The van der Waals surface area contributed by atoms with E-state index < -0.39 is 0 Å². The van der Waals surface area contributed by atoms with Crippen molar-refractivity contribution in [2.75, 3.05) is 26.2 Å². The predicted octanol–water partition coefficient (Wildman–Crippen LogP) is 2.91. The number of aryl methyl sites for hydroxylation is 1. The highest BCUT2D eigenvalue weighted by Gasteiger charge is 2.20. The van der Waals surface area contributed by atoms with Gasteiger partial charge in [-0.25, -0.2) is 4.98 Å². The van der Waals surface area contributed by atoms with E-state index in [9.17, 15) is 0 Å². The lowest BCUT2D eigenvalue weighted by atomic mass is 9.97. The molecule has 1 aromatic rings. The molecule has 0 bridgehead atoms. The van der Waals surface area contributed by atoms with Crippen molar-refractivity contribution in [2.45, 2.75) is 40.2 Å². The summed E-state index contributed by atoms with van der Waals surface area (Å²) in [6.07, 6.45) is 2.70. The monoisotopic (exact) mass is 281 g/mol. The van der Waals surface area contributed by atoms with Crippen molar-refractivity contribution in [3.63, 3.8) is 0 Å². The van der Waals surface area contributed by atoms with Crippen molar-refractivity contribution in [2.24, 2.45) is 11.8 Å². The third-order valence-corrected chi connectivity index (χ3v) is 4.46. The SMILES string of the molecule is Cc1nc(CN2CCCC(CNCC(C)C)C2)cs1. The Kier molecular flexibility index (Phi) is 5.79. The van der Waals surface area contributed by atoms with Crippen LogP contribution in [-0.4, -0.2) is 36.1 Å². The van der Waals surface area contributed by atoms with Gasteiger partial charge in [-0.2, -0.15) is 0 Å². The fourth-order valence-corrected chi connectivity index (χ4v) is 3.35. The van der Waals surface area contributed by atoms with Crippen molar-refractivity contribution in [1.29, 1.82) is 0 Å². The van der Waals surface area contributed by atoms with Gasteiger partial charge in [-0.15, -0.1) is 11.3 Å². The average molecular weight is 281 g/mol. The standard InChI is InChI=1S/C15H27N3S/c1-12(2)7-16-8-14-5-4-6-18(9-14)10-15-11-19-13(3)17-15/h11-12,14,16H,4-10H2,1-3H3. The van der Waals surface area contributed by atoms with Gasteiger partial charge in [0, 0.05) is 18.5 Å². The molecule has 19 heavy (non-hydrogen) atoms. The molecule has 0 aliphatic carbocycles. The molecule has 1 atom stereocenters. The molecule has 1 aliphatic heterocycles. The van der Waals surface area contributed by atoms with Crippen molar-refractivity contribution >= 4 is 11.3 Å². The number of hydrogen-bond acceptors (Lipinski definition) is 4. The first-order valence-corrected chi connectivity index (χ1v) is 8.35. The van der Waals surface area contributed by atoms with Gasteiger partial charge >= 0.3 is 0 Å². The van der Waals surface area contributed by atoms with Gasteiger partial charge in [0.05, 0.1) is 10.7 Å². The van der Waals surface area contributed by atoms with Crippen molar-refractivity contribution < 1.29 is 0 Å². The number of aromatic nitrogens is 1. The third-order valence-electron chi connectivity index (χ3n) is 3.64. The summed E-state index contributed by atoms with van der Waals surface area (Å²) in [4.78, 5) is 7.15. The molecule has 1 saturated heterocycles. The van der Waals surface area contributed by atoms with E-state index in [-0.39, 0.29) is 0 Å². The molecule has 0 saturated carbocycles. The second-order valence-corrected chi connectivity index (χ2v) is 7.22. The summed E-state index contributed by atoms with van der Waals surface area (Å²) in [6.45, 7) is 12.4. The van der Waals surface area contributed by atoms with Gasteiger partial charge in [0.2, 0.25) is 0 Å². The minimum absolute atomic E-state index is 0.748. The Labute approximate surface area is 121 Å². The molecule has 0 spiro atoms. The first-order valence-electron chi connectivity index (χ1n) is 7.47. The zero-order chi connectivity index (χ0) is 13.7. The highest BCUT2D eigenvalue weighted by Crippen LogP contribution is 2.19. The second-order valence-electron chi connectivity index (χ2n) is 6.15. The van der Waals surface area contributed by atoms with Gasteiger partial charge in [-0.3, -0.25) is 4.90 Å². The molecule has 1 unspecified atom stereocenters. The van der Waals surface area contributed by atoms with E-state index >= 15 is 0 Å². The predicted molar refractivity (Wildman–Crippen MR) is 82.6 cm³/mol. The quantitative estimate of drug-likeness (QED) is 0.869. The van der Waals surface area contributed by atoms with E-state index in [0.29, 0.717) is 0 Å². The Morgan fingerprint density at radius 3 is 3.05 bits per heavy atom. The molecule has 4 heteroatoms. The maximum absolute atomic E-state index is 4.58. The molecule has 2 rings (SSSR count). The largest absolute Gasteiger partial charge is 0.316 e. The molecule has 1 N–H and O–H groups in total. The summed E-state index contributed by atoms with van der Waals surface area (Å²) in [5, 5.41) is 6.99. The summed E-state index contributed by atoms with van der Waals surface area (Å²) in [6, 6.07) is 0. The molecule has 0 aromatic carbocycles. The van der Waals surface area contributed by atoms with Crippen LogP contribution in [0.2, 0.25) is 0 Å². The molecular weight excluding hydrogens is 254 g/mol. The third kappa shape index (κ3) is 5.21. The number of nitrogens with zero attached hydrogens (tertiary/aromatic N) is 2. The Morgan fingerprint density at radius 2 is 2.37 bits per heavy atom. The number of rotatable bonds is 6. The maximum atomic E-state index is 4.58. The molecule has 3 nitrogen and oxygen atoms in total. The summed E-state index contributed by atoms with van der Waals surface area (Å²) >= 11 is 1.76. The van der Waals surface area contributed by atoms with E-state index in [1.165, 1.54) is 43.2 Å². The van der Waals surface area contributed by atoms with Crippen molar-refractivity contribution in [1.82, 2.24) is 15.2 Å². The van der Waals surface area contributed by atoms with Crippen LogP contribution in [0.3, 0.4) is 0 Å². The highest BCUT2D eigenvalue weighted by molar-refractivity contribution is 7.09. The minimum atomic E-state index is 0.748. The number of likely N-dealkylation sites (tertiary alicyclic amines) is 1. The highest BCUT2D eigenvalue weighted by atomic mass is 32.1. The Hall–Kier alpha value is -0.450. The van der Waals surface area contributed by atoms with Gasteiger partial charge in [0.1, 0.15) is 0 Å². The number of piperidine rings is 1. The van der Waals surface area contributed by atoms with E-state index in [1.54, 1.807) is 11.3 Å². The van der Waals surface area contributed by atoms with Crippen LogP contribution in [0.4, 0.5) is 0 Å². The van der Waals surface area contributed by atoms with Crippen LogP contribution < -0.4 is 5.32 Å². The molecule has 1 fully saturated rings. The van der Waals surface area contributed by atoms with Gasteiger partial charge in [-0.1, -0.05) is 13.8 Å². The Morgan fingerprint density at radius 1 is 1.53 bits per heavy atom. The van der Waals surface area contributed by atoms with E-state index in [2.05, 4.69) is 41.4 Å². The van der Waals surface area contributed by atoms with Crippen LogP contribution >= 0.6 is 11.3 Å². The van der Waals surface area contributed by atoms with Crippen molar-refractivity contribution in [3.05, 3.63) is 16.1 Å². The second kappa shape index (κ2) is 7.36. The van der Waals surface area contributed by atoms with Crippen LogP contribution in [0.5, 0.6) is 0 Å². The summed E-state index contributed by atoms with van der Waals surface area (Å²) in [5.74, 6) is 1.56. The average Bonchev–Trinajstić information content (AvgIpc) is 2.75. The lowest BCUT2D eigenvalue weighted by molar-refractivity contribution is 0.163. The smallest absolute Gasteiger partial charge is 0.0897 e. The summed E-state index contributed by atoms with van der Waals surface area (Å²) in [7, 11) is 0. The molecule has 0 amide bonds. The molecular formula is C15H27N3S. The van der Waals surface area contributed by atoms with Crippen molar-refractivity contribution in [3.8, 4) is 0 Å². The molecule has 0 radical (unpaired) electrons. The zero-order valence-corrected chi connectivity index (χ0v) is 13.3. The summed E-state index contributed by atoms with van der Waals surface area (Å²) < 4.78 is 0. The lowest BCUT2D eigenvalue weighted by Crippen LogP contribution is -2.39. The zero-order valence-electron chi connectivity index (χ0n) is 12.5. The molecule has 1 aliphatic rings. The van der Waals surface area contributed by atoms with Crippen LogP contribution in [-0.2, 0) is 6.54 Å². The van der Waals surface area contributed by atoms with Gasteiger partial charge in [0.15, 0.2) is 0 Å². The first-order chi connectivity index (χ1) is 9.13. The van der Waals surface area contributed by atoms with E-state index in [0.717, 1.165) is 24.9 Å². The Bertz CT molecular complexity index is 375. The number of nitrogens with one attached hydrogen (secondary N) is 1. The van der Waals surface area contributed by atoms with Crippen LogP contribution in [0, 0.1) is 18.8 Å². The topological polar surface area (TPSA) is 28.2 Å².